The molecule has 5 rings (SSSR count). The van der Waals surface area contributed by atoms with Gasteiger partial charge in [-0.15, -0.1) is 10.2 Å². The highest BCUT2D eigenvalue weighted by atomic mass is 19.1. The lowest BCUT2D eigenvalue weighted by molar-refractivity contribution is 0.319. The average Bonchev–Trinajstić information content (AvgIpc) is 3.37. The molecular formula is C22H17F2N7O2. The summed E-state index contributed by atoms with van der Waals surface area (Å²) in [5, 5.41) is 28.6. The summed E-state index contributed by atoms with van der Waals surface area (Å²) in [6.07, 6.45) is 1.34. The Balaban J connectivity index is 1.63. The van der Waals surface area contributed by atoms with Gasteiger partial charge in [-0.2, -0.15) is 9.61 Å². The number of aromatic nitrogens is 6. The van der Waals surface area contributed by atoms with Gasteiger partial charge in [0.1, 0.15) is 28.8 Å². The van der Waals surface area contributed by atoms with Crippen molar-refractivity contribution >= 4 is 22.3 Å². The molecule has 1 aromatic carbocycles. The van der Waals surface area contributed by atoms with E-state index in [1.165, 1.54) is 16.8 Å². The van der Waals surface area contributed by atoms with E-state index < -0.39 is 11.6 Å². The van der Waals surface area contributed by atoms with Crippen molar-refractivity contribution in [1.82, 2.24) is 30.0 Å². The highest BCUT2D eigenvalue weighted by Gasteiger charge is 2.20. The second-order valence-corrected chi connectivity index (χ2v) is 7.61. The van der Waals surface area contributed by atoms with Crippen molar-refractivity contribution in [2.45, 2.75) is 27.2 Å². The quantitative estimate of drug-likeness (QED) is 0.250. The Morgan fingerprint density at radius 2 is 2.00 bits per heavy atom. The molecule has 0 bridgehead atoms. The number of aryl methyl sites for hydroxylation is 2. The molecule has 11 heteroatoms. The van der Waals surface area contributed by atoms with Crippen LogP contribution in [0.2, 0.25) is 0 Å². The van der Waals surface area contributed by atoms with Crippen molar-refractivity contribution in [3.05, 3.63) is 70.6 Å². The molecule has 0 aliphatic carbocycles. The maximum absolute atomic E-state index is 15.6. The van der Waals surface area contributed by atoms with E-state index in [9.17, 15) is 4.39 Å². The Kier molecular flexibility index (Phi) is 4.81. The van der Waals surface area contributed by atoms with Gasteiger partial charge < -0.3 is 9.73 Å². The van der Waals surface area contributed by atoms with E-state index in [1.54, 1.807) is 39.0 Å². The lowest BCUT2D eigenvalue weighted by atomic mass is 10.0. The van der Waals surface area contributed by atoms with Crippen LogP contribution in [0.25, 0.3) is 27.7 Å². The largest absolute Gasteiger partial charge is 0.411 e. The Morgan fingerprint density at radius 3 is 2.73 bits per heavy atom. The molecule has 0 spiro atoms. The van der Waals surface area contributed by atoms with Crippen molar-refractivity contribution in [3.8, 4) is 11.1 Å². The summed E-state index contributed by atoms with van der Waals surface area (Å²) in [6.45, 7) is 5.11. The zero-order valence-corrected chi connectivity index (χ0v) is 17.8. The van der Waals surface area contributed by atoms with Gasteiger partial charge in [0.15, 0.2) is 11.5 Å². The van der Waals surface area contributed by atoms with Gasteiger partial charge in [-0.05, 0) is 39.0 Å². The molecule has 0 amide bonds. The van der Waals surface area contributed by atoms with E-state index in [4.69, 9.17) is 9.73 Å². The lowest BCUT2D eigenvalue weighted by Gasteiger charge is -2.09. The van der Waals surface area contributed by atoms with Crippen molar-refractivity contribution in [2.24, 2.45) is 5.16 Å². The summed E-state index contributed by atoms with van der Waals surface area (Å²) in [6, 6.07) is 6.03. The normalized spacial score (nSPS) is 12.2. The number of rotatable bonds is 4. The highest BCUT2D eigenvalue weighted by Crippen LogP contribution is 2.31. The molecule has 0 saturated carbocycles. The topological polar surface area (TPSA) is 115 Å². The SMILES string of the molecule is C/C(=N\O)c1ccc2nnc(Cc3c(F)cc4ncc(-c5c(C)noc5C)cc4c3F)n2n1. The molecule has 4 heterocycles. The van der Waals surface area contributed by atoms with Gasteiger partial charge in [-0.25, -0.2) is 8.78 Å². The Labute approximate surface area is 185 Å². The van der Waals surface area contributed by atoms with E-state index in [0.29, 0.717) is 28.4 Å². The molecular weight excluding hydrogens is 432 g/mol. The van der Waals surface area contributed by atoms with Gasteiger partial charge in [0.2, 0.25) is 0 Å². The third-order valence-electron chi connectivity index (χ3n) is 5.48. The van der Waals surface area contributed by atoms with Crippen LogP contribution in [0, 0.1) is 25.5 Å². The first-order valence-corrected chi connectivity index (χ1v) is 9.97. The van der Waals surface area contributed by atoms with Crippen LogP contribution >= 0.6 is 0 Å². The number of oxime groups is 1. The van der Waals surface area contributed by atoms with Crippen LogP contribution in [0.15, 0.2) is 40.1 Å². The zero-order chi connectivity index (χ0) is 23.3. The van der Waals surface area contributed by atoms with Crippen LogP contribution in [0.5, 0.6) is 0 Å². The minimum atomic E-state index is -0.751. The third-order valence-corrected chi connectivity index (χ3v) is 5.48. The molecule has 33 heavy (non-hydrogen) atoms. The van der Waals surface area contributed by atoms with Crippen LogP contribution in [0.1, 0.15) is 35.5 Å². The first-order chi connectivity index (χ1) is 15.9. The predicted molar refractivity (Wildman–Crippen MR) is 114 cm³/mol. The van der Waals surface area contributed by atoms with Crippen LogP contribution < -0.4 is 0 Å². The van der Waals surface area contributed by atoms with Gasteiger partial charge in [0.25, 0.3) is 0 Å². The monoisotopic (exact) mass is 449 g/mol. The van der Waals surface area contributed by atoms with Crippen LogP contribution in [-0.4, -0.2) is 40.9 Å². The Hall–Kier alpha value is -4.28. The van der Waals surface area contributed by atoms with Crippen molar-refractivity contribution in [1.29, 1.82) is 0 Å². The minimum absolute atomic E-state index is 0.162. The standard InChI is InChI=1S/C22H17F2N7O2/c1-10(29-32)17-4-5-19-26-27-20(31(19)28-17)7-14-16(23)8-18-15(22(14)24)6-13(9-25-18)21-11(2)30-33-12(21)3/h4-6,8-9,32H,7H2,1-3H3/b29-10+. The maximum atomic E-state index is 15.6. The second kappa shape index (κ2) is 7.69. The number of fused-ring (bicyclic) bond motifs is 2. The fourth-order valence-electron chi connectivity index (χ4n) is 3.78. The molecule has 0 aliphatic heterocycles. The van der Waals surface area contributed by atoms with E-state index >= 15 is 4.39 Å². The van der Waals surface area contributed by atoms with Crippen molar-refractivity contribution in [2.75, 3.05) is 0 Å². The summed E-state index contributed by atoms with van der Waals surface area (Å²) in [4.78, 5) is 4.24. The Bertz CT molecular complexity index is 1550. The van der Waals surface area contributed by atoms with Crippen LogP contribution in [0.4, 0.5) is 8.78 Å². The van der Waals surface area contributed by atoms with Gasteiger partial charge in [0, 0.05) is 40.8 Å². The number of nitrogens with zero attached hydrogens (tertiary/aromatic N) is 7. The number of benzene rings is 1. The molecule has 5 aromatic rings. The molecule has 0 radical (unpaired) electrons. The van der Waals surface area contributed by atoms with E-state index in [-0.39, 0.29) is 34.4 Å². The van der Waals surface area contributed by atoms with Crippen molar-refractivity contribution < 1.29 is 18.5 Å². The zero-order valence-electron chi connectivity index (χ0n) is 17.8. The summed E-state index contributed by atoms with van der Waals surface area (Å²) in [7, 11) is 0. The number of hydrogen-bond acceptors (Lipinski definition) is 8. The Morgan fingerprint density at radius 1 is 1.18 bits per heavy atom. The molecule has 166 valence electrons. The van der Waals surface area contributed by atoms with Gasteiger partial charge in [0.05, 0.1) is 11.2 Å². The molecule has 0 aliphatic rings. The van der Waals surface area contributed by atoms with Gasteiger partial charge in [-0.1, -0.05) is 10.3 Å². The summed E-state index contributed by atoms with van der Waals surface area (Å²) < 4.78 is 37.0. The molecule has 0 fully saturated rings. The number of halogens is 2. The molecule has 4 aromatic heterocycles. The highest BCUT2D eigenvalue weighted by molar-refractivity contribution is 5.96. The second-order valence-electron chi connectivity index (χ2n) is 7.61. The van der Waals surface area contributed by atoms with E-state index in [2.05, 4.69) is 30.6 Å². The average molecular weight is 449 g/mol. The first kappa shape index (κ1) is 20.6. The molecule has 0 atom stereocenters. The lowest BCUT2D eigenvalue weighted by Crippen LogP contribution is -2.08. The number of hydrogen-bond donors (Lipinski definition) is 1. The van der Waals surface area contributed by atoms with Gasteiger partial charge in [-0.3, -0.25) is 4.98 Å². The van der Waals surface area contributed by atoms with E-state index in [1.807, 2.05) is 0 Å². The molecule has 1 N–H and O–H groups in total. The summed E-state index contributed by atoms with van der Waals surface area (Å²) in [5.74, 6) is -0.690. The fraction of sp³-hybridized carbons (Fsp3) is 0.182. The van der Waals surface area contributed by atoms with Crippen LogP contribution in [-0.2, 0) is 6.42 Å². The smallest absolute Gasteiger partial charge is 0.177 e. The molecule has 9 nitrogen and oxygen atoms in total. The fourth-order valence-corrected chi connectivity index (χ4v) is 3.78. The molecule has 0 saturated heterocycles. The summed E-state index contributed by atoms with van der Waals surface area (Å²) >= 11 is 0. The third kappa shape index (κ3) is 3.37. The first-order valence-electron chi connectivity index (χ1n) is 9.97. The summed E-state index contributed by atoms with van der Waals surface area (Å²) in [5.41, 5.74) is 3.03. The van der Waals surface area contributed by atoms with E-state index in [0.717, 1.165) is 5.56 Å². The van der Waals surface area contributed by atoms with Crippen molar-refractivity contribution in [3.63, 3.8) is 0 Å². The molecule has 0 unspecified atom stereocenters. The van der Waals surface area contributed by atoms with Gasteiger partial charge >= 0.3 is 0 Å². The van der Waals surface area contributed by atoms with Crippen LogP contribution in [0.3, 0.4) is 0 Å². The predicted octanol–water partition coefficient (Wildman–Crippen LogP) is 4.01. The number of pyridine rings is 1. The minimum Gasteiger partial charge on any atom is -0.411 e. The maximum Gasteiger partial charge on any atom is 0.177 e.